The van der Waals surface area contributed by atoms with Crippen LogP contribution in [-0.2, 0) is 11.2 Å². The first-order valence-electron chi connectivity index (χ1n) is 6.26. The number of aromatic nitrogens is 2. The molecular formula is C14H14F2N2O3. The Bertz CT molecular complexity index is 668. The number of hydrogen-bond acceptors (Lipinski definition) is 4. The lowest BCUT2D eigenvalue weighted by Crippen LogP contribution is -2.19. The average Bonchev–Trinajstić information content (AvgIpc) is 2.74. The Morgan fingerprint density at radius 1 is 1.33 bits per heavy atom. The van der Waals surface area contributed by atoms with Gasteiger partial charge >= 0.3 is 5.97 Å². The highest BCUT2D eigenvalue weighted by Crippen LogP contribution is 2.28. The van der Waals surface area contributed by atoms with Crippen LogP contribution >= 0.6 is 0 Å². The molecule has 5 nitrogen and oxygen atoms in total. The standard InChI is InChI=1S/C14H14F2N2O3/c1-14(2,7-12(19)20)6-11-17-18-13(21-11)9-4-3-8(15)5-10(9)16/h3-5H,6-7H2,1-2H3,(H,19,20). The molecule has 21 heavy (non-hydrogen) atoms. The Kier molecular flexibility index (Phi) is 4.02. The Morgan fingerprint density at radius 2 is 2.05 bits per heavy atom. The van der Waals surface area contributed by atoms with Crippen LogP contribution in [0.15, 0.2) is 22.6 Å². The van der Waals surface area contributed by atoms with Gasteiger partial charge in [-0.1, -0.05) is 13.8 Å². The number of carboxylic acid groups (broad SMARTS) is 1. The van der Waals surface area contributed by atoms with E-state index in [4.69, 9.17) is 9.52 Å². The van der Waals surface area contributed by atoms with Crippen LogP contribution in [0.2, 0.25) is 0 Å². The maximum absolute atomic E-state index is 13.6. The van der Waals surface area contributed by atoms with Crippen molar-refractivity contribution < 1.29 is 23.1 Å². The number of nitrogens with zero attached hydrogens (tertiary/aromatic N) is 2. The van der Waals surface area contributed by atoms with Crippen LogP contribution in [0.1, 0.15) is 26.2 Å². The van der Waals surface area contributed by atoms with Gasteiger partial charge < -0.3 is 9.52 Å². The molecule has 7 heteroatoms. The second-order valence-corrected chi connectivity index (χ2v) is 5.54. The van der Waals surface area contributed by atoms with E-state index < -0.39 is 23.0 Å². The summed E-state index contributed by atoms with van der Waals surface area (Å²) in [6.45, 7) is 3.51. The smallest absolute Gasteiger partial charge is 0.303 e. The first-order valence-corrected chi connectivity index (χ1v) is 6.26. The van der Waals surface area contributed by atoms with Gasteiger partial charge in [0, 0.05) is 12.5 Å². The van der Waals surface area contributed by atoms with Crippen molar-refractivity contribution in [3.8, 4) is 11.5 Å². The fraction of sp³-hybridized carbons (Fsp3) is 0.357. The van der Waals surface area contributed by atoms with Crippen molar-refractivity contribution in [1.29, 1.82) is 0 Å². The summed E-state index contributed by atoms with van der Waals surface area (Å²) in [7, 11) is 0. The molecule has 0 amide bonds. The molecule has 1 aromatic heterocycles. The molecule has 0 aliphatic carbocycles. The molecule has 0 saturated heterocycles. The zero-order valence-corrected chi connectivity index (χ0v) is 11.6. The molecule has 0 bridgehead atoms. The lowest BCUT2D eigenvalue weighted by Gasteiger charge is -2.19. The maximum Gasteiger partial charge on any atom is 0.303 e. The van der Waals surface area contributed by atoms with Crippen molar-refractivity contribution in [2.24, 2.45) is 5.41 Å². The van der Waals surface area contributed by atoms with Crippen LogP contribution in [-0.4, -0.2) is 21.3 Å². The zero-order valence-electron chi connectivity index (χ0n) is 11.6. The second kappa shape index (κ2) is 5.59. The molecule has 2 aromatic rings. The molecule has 0 aliphatic heterocycles. The van der Waals surface area contributed by atoms with Gasteiger partial charge in [-0.2, -0.15) is 0 Å². The van der Waals surface area contributed by atoms with E-state index in [1.54, 1.807) is 13.8 Å². The van der Waals surface area contributed by atoms with E-state index in [1.807, 2.05) is 0 Å². The molecule has 2 rings (SSSR count). The van der Waals surface area contributed by atoms with Gasteiger partial charge in [-0.05, 0) is 17.5 Å². The third-order valence-corrected chi connectivity index (χ3v) is 2.89. The van der Waals surface area contributed by atoms with E-state index in [1.165, 1.54) is 6.07 Å². The molecule has 0 spiro atoms. The van der Waals surface area contributed by atoms with Gasteiger partial charge in [0.05, 0.1) is 12.0 Å². The molecule has 112 valence electrons. The monoisotopic (exact) mass is 296 g/mol. The summed E-state index contributed by atoms with van der Waals surface area (Å²) >= 11 is 0. The van der Waals surface area contributed by atoms with Crippen LogP contribution < -0.4 is 0 Å². The minimum atomic E-state index is -0.927. The fourth-order valence-electron chi connectivity index (χ4n) is 1.98. The van der Waals surface area contributed by atoms with E-state index >= 15 is 0 Å². The average molecular weight is 296 g/mol. The number of rotatable bonds is 5. The maximum atomic E-state index is 13.6. The van der Waals surface area contributed by atoms with Crippen molar-refractivity contribution >= 4 is 5.97 Å². The Labute approximate surface area is 119 Å². The first kappa shape index (κ1) is 15.1. The minimum Gasteiger partial charge on any atom is -0.481 e. The largest absolute Gasteiger partial charge is 0.481 e. The predicted molar refractivity (Wildman–Crippen MR) is 69.4 cm³/mol. The Hall–Kier alpha value is -2.31. The number of carbonyl (C=O) groups is 1. The highest BCUT2D eigenvalue weighted by atomic mass is 19.1. The molecule has 1 heterocycles. The van der Waals surface area contributed by atoms with Gasteiger partial charge in [0.1, 0.15) is 11.6 Å². The van der Waals surface area contributed by atoms with Crippen LogP contribution in [0.4, 0.5) is 8.78 Å². The normalized spacial score (nSPS) is 11.6. The topological polar surface area (TPSA) is 76.2 Å². The Morgan fingerprint density at radius 3 is 2.67 bits per heavy atom. The van der Waals surface area contributed by atoms with Gasteiger partial charge in [-0.3, -0.25) is 4.79 Å². The highest BCUT2D eigenvalue weighted by molar-refractivity contribution is 5.67. The van der Waals surface area contributed by atoms with E-state index in [-0.39, 0.29) is 30.2 Å². The van der Waals surface area contributed by atoms with Crippen molar-refractivity contribution in [3.05, 3.63) is 35.7 Å². The molecule has 0 saturated carbocycles. The van der Waals surface area contributed by atoms with E-state index in [9.17, 15) is 13.6 Å². The van der Waals surface area contributed by atoms with Crippen LogP contribution in [0, 0.1) is 17.0 Å². The quantitative estimate of drug-likeness (QED) is 0.917. The fourth-order valence-corrected chi connectivity index (χ4v) is 1.98. The van der Waals surface area contributed by atoms with Crippen molar-refractivity contribution in [2.45, 2.75) is 26.7 Å². The van der Waals surface area contributed by atoms with Crippen molar-refractivity contribution in [3.63, 3.8) is 0 Å². The number of halogens is 2. The third kappa shape index (κ3) is 3.84. The van der Waals surface area contributed by atoms with E-state index in [2.05, 4.69) is 10.2 Å². The second-order valence-electron chi connectivity index (χ2n) is 5.54. The number of aliphatic carboxylic acids is 1. The van der Waals surface area contributed by atoms with Crippen LogP contribution in [0.3, 0.4) is 0 Å². The summed E-state index contributed by atoms with van der Waals surface area (Å²) < 4.78 is 31.8. The number of hydrogen-bond donors (Lipinski definition) is 1. The SMILES string of the molecule is CC(C)(CC(=O)O)Cc1nnc(-c2ccc(F)cc2F)o1. The van der Waals surface area contributed by atoms with Crippen LogP contribution in [0.5, 0.6) is 0 Å². The number of carboxylic acids is 1. The summed E-state index contributed by atoms with van der Waals surface area (Å²) in [5.74, 6) is -2.27. The van der Waals surface area contributed by atoms with E-state index in [0.29, 0.717) is 0 Å². The van der Waals surface area contributed by atoms with Crippen molar-refractivity contribution in [1.82, 2.24) is 10.2 Å². The van der Waals surface area contributed by atoms with E-state index in [0.717, 1.165) is 12.1 Å². The molecule has 0 atom stereocenters. The lowest BCUT2D eigenvalue weighted by atomic mass is 9.86. The van der Waals surface area contributed by atoms with Crippen molar-refractivity contribution in [2.75, 3.05) is 0 Å². The molecule has 0 aliphatic rings. The Balaban J connectivity index is 2.20. The summed E-state index contributed by atoms with van der Waals surface area (Å²) in [6, 6.07) is 3.04. The van der Waals surface area contributed by atoms with Gasteiger partial charge in [-0.25, -0.2) is 8.78 Å². The van der Waals surface area contributed by atoms with Gasteiger partial charge in [0.15, 0.2) is 0 Å². The summed E-state index contributed by atoms with van der Waals surface area (Å²) in [4.78, 5) is 10.8. The molecule has 0 radical (unpaired) electrons. The first-order chi connectivity index (χ1) is 9.77. The predicted octanol–water partition coefficient (Wildman–Crippen LogP) is 3.06. The summed E-state index contributed by atoms with van der Waals surface area (Å²) in [5, 5.41) is 16.3. The molecule has 0 unspecified atom stereocenters. The summed E-state index contributed by atoms with van der Waals surface area (Å²) in [5.41, 5.74) is -0.567. The van der Waals surface area contributed by atoms with Gasteiger partial charge in [0.25, 0.3) is 5.89 Å². The van der Waals surface area contributed by atoms with Gasteiger partial charge in [0.2, 0.25) is 5.89 Å². The van der Waals surface area contributed by atoms with Crippen LogP contribution in [0.25, 0.3) is 11.5 Å². The highest BCUT2D eigenvalue weighted by Gasteiger charge is 2.25. The minimum absolute atomic E-state index is 0.00573. The summed E-state index contributed by atoms with van der Waals surface area (Å²) in [6.07, 6.45) is 0.185. The zero-order chi connectivity index (χ0) is 15.6. The molecule has 0 fully saturated rings. The third-order valence-electron chi connectivity index (χ3n) is 2.89. The molecular weight excluding hydrogens is 282 g/mol. The molecule has 1 aromatic carbocycles. The number of benzene rings is 1. The lowest BCUT2D eigenvalue weighted by molar-refractivity contribution is -0.139. The van der Waals surface area contributed by atoms with Gasteiger partial charge in [-0.15, -0.1) is 10.2 Å². The molecule has 1 N–H and O–H groups in total.